The van der Waals surface area contributed by atoms with Crippen molar-refractivity contribution in [2.24, 2.45) is 0 Å². The summed E-state index contributed by atoms with van der Waals surface area (Å²) in [5.41, 5.74) is 1.38. The molecule has 0 aliphatic rings. The van der Waals surface area contributed by atoms with Gasteiger partial charge >= 0.3 is 11.9 Å². The summed E-state index contributed by atoms with van der Waals surface area (Å²) in [5.74, 6) is -5.57. The Labute approximate surface area is 131 Å². The Morgan fingerprint density at radius 3 is 1.91 bits per heavy atom. The molecule has 0 radical (unpaired) electrons. The summed E-state index contributed by atoms with van der Waals surface area (Å²) < 4.78 is 25.6. The molecule has 1 aromatic rings. The van der Waals surface area contributed by atoms with Gasteiger partial charge in [0, 0.05) is 6.42 Å². The van der Waals surface area contributed by atoms with E-state index in [4.69, 9.17) is 5.11 Å². The third-order valence-corrected chi connectivity index (χ3v) is 3.86. The maximum Gasteiger partial charge on any atom is 0.374 e. The van der Waals surface area contributed by atoms with Gasteiger partial charge < -0.3 is 5.11 Å². The molecular weight excluding hydrogens is 286 g/mol. The molecule has 0 bridgehead atoms. The van der Waals surface area contributed by atoms with Crippen molar-refractivity contribution < 1.29 is 18.7 Å². The van der Waals surface area contributed by atoms with Gasteiger partial charge in [-0.15, -0.1) is 0 Å². The van der Waals surface area contributed by atoms with Gasteiger partial charge in [-0.05, 0) is 24.8 Å². The maximum absolute atomic E-state index is 12.8. The maximum atomic E-state index is 12.8. The normalized spacial score (nSPS) is 11.5. The molecule has 1 rings (SSSR count). The third kappa shape index (κ3) is 8.11. The van der Waals surface area contributed by atoms with Crippen LogP contribution in [-0.2, 0) is 11.2 Å². The summed E-state index contributed by atoms with van der Waals surface area (Å²) in [6, 6.07) is 10.4. The minimum Gasteiger partial charge on any atom is -0.477 e. The zero-order valence-electron chi connectivity index (χ0n) is 13.1. The molecule has 0 saturated carbocycles. The van der Waals surface area contributed by atoms with E-state index in [-0.39, 0.29) is 6.42 Å². The molecule has 0 heterocycles. The van der Waals surface area contributed by atoms with E-state index in [0.717, 1.165) is 25.7 Å². The fraction of sp³-hybridized carbons (Fsp3) is 0.611. The summed E-state index contributed by atoms with van der Waals surface area (Å²) in [7, 11) is 0. The first-order chi connectivity index (χ1) is 10.5. The molecule has 1 aromatic carbocycles. The molecule has 4 heteroatoms. The van der Waals surface area contributed by atoms with Gasteiger partial charge in [0.1, 0.15) is 0 Å². The summed E-state index contributed by atoms with van der Waals surface area (Å²) in [5, 5.41) is 8.30. The number of benzene rings is 1. The van der Waals surface area contributed by atoms with Gasteiger partial charge in [-0.3, -0.25) is 0 Å². The lowest BCUT2D eigenvalue weighted by atomic mass is 10.0. The molecular formula is C18H26F2O2. The van der Waals surface area contributed by atoms with Crippen molar-refractivity contribution in [2.75, 3.05) is 0 Å². The van der Waals surface area contributed by atoms with Crippen LogP contribution in [0.25, 0.3) is 0 Å². The van der Waals surface area contributed by atoms with Gasteiger partial charge in [0.25, 0.3) is 0 Å². The Morgan fingerprint density at radius 1 is 0.864 bits per heavy atom. The second kappa shape index (κ2) is 10.3. The van der Waals surface area contributed by atoms with E-state index in [9.17, 15) is 13.6 Å². The van der Waals surface area contributed by atoms with Gasteiger partial charge in [-0.1, -0.05) is 68.9 Å². The highest BCUT2D eigenvalue weighted by molar-refractivity contribution is 5.75. The number of aliphatic carboxylic acids is 1. The highest BCUT2D eigenvalue weighted by Crippen LogP contribution is 2.22. The fourth-order valence-electron chi connectivity index (χ4n) is 2.49. The first-order valence-electron chi connectivity index (χ1n) is 8.17. The van der Waals surface area contributed by atoms with Crippen LogP contribution in [0.5, 0.6) is 0 Å². The summed E-state index contributed by atoms with van der Waals surface area (Å²) >= 11 is 0. The molecule has 0 spiro atoms. The topological polar surface area (TPSA) is 37.3 Å². The van der Waals surface area contributed by atoms with Crippen LogP contribution in [0, 0.1) is 0 Å². The van der Waals surface area contributed by atoms with Crippen molar-refractivity contribution >= 4 is 5.97 Å². The zero-order valence-corrected chi connectivity index (χ0v) is 13.1. The average molecular weight is 312 g/mol. The SMILES string of the molecule is O=C(O)C(F)(F)CCCCCCCCCCc1ccccc1. The Balaban J connectivity index is 1.89. The van der Waals surface area contributed by atoms with Crippen LogP contribution in [-0.4, -0.2) is 17.0 Å². The van der Waals surface area contributed by atoms with Crippen LogP contribution < -0.4 is 0 Å². The Hall–Kier alpha value is -1.45. The number of halogens is 2. The smallest absolute Gasteiger partial charge is 0.374 e. The molecule has 0 saturated heterocycles. The van der Waals surface area contributed by atoms with Crippen LogP contribution in [0.4, 0.5) is 8.78 Å². The van der Waals surface area contributed by atoms with Crippen molar-refractivity contribution in [2.45, 2.75) is 70.1 Å². The van der Waals surface area contributed by atoms with Crippen molar-refractivity contribution in [3.8, 4) is 0 Å². The number of rotatable bonds is 12. The molecule has 22 heavy (non-hydrogen) atoms. The highest BCUT2D eigenvalue weighted by atomic mass is 19.3. The molecule has 0 aliphatic carbocycles. The molecule has 0 amide bonds. The molecule has 124 valence electrons. The van der Waals surface area contributed by atoms with Crippen LogP contribution in [0.3, 0.4) is 0 Å². The van der Waals surface area contributed by atoms with Crippen LogP contribution in [0.2, 0.25) is 0 Å². The third-order valence-electron chi connectivity index (χ3n) is 3.86. The lowest BCUT2D eigenvalue weighted by Crippen LogP contribution is -2.27. The van der Waals surface area contributed by atoms with Gasteiger partial charge in [0.05, 0.1) is 0 Å². The largest absolute Gasteiger partial charge is 0.477 e. The lowest BCUT2D eigenvalue weighted by molar-refractivity contribution is -0.165. The van der Waals surface area contributed by atoms with E-state index in [1.54, 1.807) is 0 Å². The summed E-state index contributed by atoms with van der Waals surface area (Å²) in [6.07, 6.45) is 8.20. The molecule has 0 aliphatic heterocycles. The first-order valence-corrected chi connectivity index (χ1v) is 8.17. The Bertz CT molecular complexity index is 418. The molecule has 0 fully saturated rings. The van der Waals surface area contributed by atoms with E-state index in [1.807, 2.05) is 6.07 Å². The van der Waals surface area contributed by atoms with Crippen molar-refractivity contribution in [1.82, 2.24) is 0 Å². The number of hydrogen-bond acceptors (Lipinski definition) is 1. The first kappa shape index (κ1) is 18.6. The highest BCUT2D eigenvalue weighted by Gasteiger charge is 2.37. The zero-order chi connectivity index (χ0) is 16.3. The molecule has 0 unspecified atom stereocenters. The number of alkyl halides is 2. The van der Waals surface area contributed by atoms with E-state index in [1.165, 1.54) is 24.8 Å². The predicted octanol–water partition coefficient (Wildman–Crippen LogP) is 5.46. The number of carboxylic acid groups (broad SMARTS) is 1. The number of unbranched alkanes of at least 4 members (excludes halogenated alkanes) is 7. The number of carbonyl (C=O) groups is 1. The van der Waals surface area contributed by atoms with Gasteiger partial charge in [-0.25, -0.2) is 4.79 Å². The quantitative estimate of drug-likeness (QED) is 0.520. The number of carboxylic acids is 1. The lowest BCUT2D eigenvalue weighted by Gasteiger charge is -2.10. The van der Waals surface area contributed by atoms with E-state index in [2.05, 4.69) is 24.3 Å². The molecule has 0 aromatic heterocycles. The van der Waals surface area contributed by atoms with Gasteiger partial charge in [0.15, 0.2) is 0 Å². The van der Waals surface area contributed by atoms with E-state index in [0.29, 0.717) is 6.42 Å². The summed E-state index contributed by atoms with van der Waals surface area (Å²) in [6.45, 7) is 0. The van der Waals surface area contributed by atoms with Gasteiger partial charge in [0.2, 0.25) is 0 Å². The minimum atomic E-state index is -3.56. The fourth-order valence-corrected chi connectivity index (χ4v) is 2.49. The van der Waals surface area contributed by atoms with Crippen LogP contribution >= 0.6 is 0 Å². The number of hydrogen-bond donors (Lipinski definition) is 1. The van der Waals surface area contributed by atoms with Crippen molar-refractivity contribution in [1.29, 1.82) is 0 Å². The second-order valence-electron chi connectivity index (χ2n) is 5.82. The van der Waals surface area contributed by atoms with Crippen molar-refractivity contribution in [3.63, 3.8) is 0 Å². The van der Waals surface area contributed by atoms with E-state index < -0.39 is 18.3 Å². The standard InChI is InChI=1S/C18H26F2O2/c19-18(20,17(21)22)15-11-6-4-2-1-3-5-8-12-16-13-9-7-10-14-16/h7,9-10,13-14H,1-6,8,11-12,15H2,(H,21,22). The predicted molar refractivity (Wildman–Crippen MR) is 84.3 cm³/mol. The monoisotopic (exact) mass is 312 g/mol. The van der Waals surface area contributed by atoms with E-state index >= 15 is 0 Å². The van der Waals surface area contributed by atoms with Gasteiger partial charge in [-0.2, -0.15) is 8.78 Å². The van der Waals surface area contributed by atoms with Crippen molar-refractivity contribution in [3.05, 3.63) is 35.9 Å². The second-order valence-corrected chi connectivity index (χ2v) is 5.82. The Morgan fingerprint density at radius 2 is 1.36 bits per heavy atom. The molecule has 0 atom stereocenters. The van der Waals surface area contributed by atoms with Crippen LogP contribution in [0.1, 0.15) is 63.4 Å². The van der Waals surface area contributed by atoms with Crippen LogP contribution in [0.15, 0.2) is 30.3 Å². The molecule has 1 N–H and O–H groups in total. The average Bonchev–Trinajstić information content (AvgIpc) is 2.50. The Kier molecular flexibility index (Phi) is 8.71. The minimum absolute atomic E-state index is 0.285. The molecule has 2 nitrogen and oxygen atoms in total. The number of aryl methyl sites for hydroxylation is 1. The summed E-state index contributed by atoms with van der Waals surface area (Å²) in [4.78, 5) is 10.2.